The molecule has 0 saturated heterocycles. The lowest BCUT2D eigenvalue weighted by molar-refractivity contribution is -0.384. The van der Waals surface area contributed by atoms with Gasteiger partial charge in [-0.25, -0.2) is 0 Å². The number of aliphatic hydroxyl groups is 1. The lowest BCUT2D eigenvalue weighted by Crippen LogP contribution is -2.45. The molecular weight excluding hydrogens is 310 g/mol. The third-order valence-electron chi connectivity index (χ3n) is 2.63. The number of carbonyl (C=O) groups excluding carboxylic acids is 2. The lowest BCUT2D eigenvalue weighted by atomic mass is 10.1. The summed E-state index contributed by atoms with van der Waals surface area (Å²) in [7, 11) is 0. The van der Waals surface area contributed by atoms with E-state index in [2.05, 4.69) is 10.6 Å². The number of hydrogen-bond acceptors (Lipinski definition) is 6. The molecule has 1 aromatic rings. The van der Waals surface area contributed by atoms with Crippen LogP contribution in [0.4, 0.5) is 11.4 Å². The van der Waals surface area contributed by atoms with Gasteiger partial charge in [-0.3, -0.25) is 19.7 Å². The van der Waals surface area contributed by atoms with Crippen molar-refractivity contribution in [2.24, 2.45) is 0 Å². The number of nitro benzene ring substituents is 1. The van der Waals surface area contributed by atoms with Crippen LogP contribution in [-0.2, 0) is 9.59 Å². The van der Waals surface area contributed by atoms with Gasteiger partial charge in [0.1, 0.15) is 0 Å². The first kappa shape index (κ1) is 17.9. The fourth-order valence-electron chi connectivity index (χ4n) is 1.57. The van der Waals surface area contributed by atoms with Crippen LogP contribution in [0.2, 0.25) is 0 Å². The average molecular weight is 327 g/mol. The summed E-state index contributed by atoms with van der Waals surface area (Å²) in [5.74, 6) is -1.38. The molecule has 1 atom stereocenters. The molecule has 0 aromatic heterocycles. The summed E-state index contributed by atoms with van der Waals surface area (Å²) < 4.78 is 0. The zero-order chi connectivity index (χ0) is 16.8. The van der Waals surface area contributed by atoms with Crippen LogP contribution >= 0.6 is 11.8 Å². The lowest BCUT2D eigenvalue weighted by Gasteiger charge is -2.22. The first-order valence-electron chi connectivity index (χ1n) is 6.30. The minimum Gasteiger partial charge on any atom is -0.387 e. The summed E-state index contributed by atoms with van der Waals surface area (Å²) in [5.41, 5.74) is -0.958. The number of benzene rings is 1. The average Bonchev–Trinajstić information content (AvgIpc) is 2.45. The highest BCUT2D eigenvalue weighted by Crippen LogP contribution is 2.15. The molecule has 0 saturated carbocycles. The number of nitrogens with one attached hydrogen (secondary N) is 2. The van der Waals surface area contributed by atoms with E-state index in [-0.39, 0.29) is 17.9 Å². The highest BCUT2D eigenvalue weighted by atomic mass is 32.2. The molecule has 8 nitrogen and oxygen atoms in total. The molecule has 0 fully saturated rings. The molecule has 0 heterocycles. The summed E-state index contributed by atoms with van der Waals surface area (Å²) in [6, 6.07) is 5.09. The van der Waals surface area contributed by atoms with Gasteiger partial charge in [-0.15, -0.1) is 0 Å². The summed E-state index contributed by atoms with van der Waals surface area (Å²) >= 11 is 1.42. The maximum atomic E-state index is 11.7. The summed E-state index contributed by atoms with van der Waals surface area (Å²) in [6.07, 6.45) is 1.82. The quantitative estimate of drug-likeness (QED) is 0.403. The Balaban J connectivity index is 2.54. The van der Waals surface area contributed by atoms with Gasteiger partial charge < -0.3 is 15.7 Å². The van der Waals surface area contributed by atoms with E-state index in [4.69, 9.17) is 0 Å². The monoisotopic (exact) mass is 327 g/mol. The fourth-order valence-corrected chi connectivity index (χ4v) is 2.29. The minimum atomic E-state index is -1.11. The van der Waals surface area contributed by atoms with Crippen LogP contribution < -0.4 is 10.6 Å². The number of amides is 2. The van der Waals surface area contributed by atoms with Gasteiger partial charge in [0.05, 0.1) is 10.5 Å². The van der Waals surface area contributed by atoms with Crippen molar-refractivity contribution in [3.05, 3.63) is 34.4 Å². The maximum Gasteiger partial charge on any atom is 0.313 e. The van der Waals surface area contributed by atoms with E-state index in [1.807, 2.05) is 6.26 Å². The van der Waals surface area contributed by atoms with E-state index in [9.17, 15) is 24.8 Å². The molecule has 1 rings (SSSR count). The molecule has 3 N–H and O–H groups in total. The van der Waals surface area contributed by atoms with E-state index in [0.717, 1.165) is 0 Å². The van der Waals surface area contributed by atoms with Gasteiger partial charge in [-0.1, -0.05) is 0 Å². The molecule has 0 aliphatic rings. The molecule has 9 heteroatoms. The van der Waals surface area contributed by atoms with Crippen molar-refractivity contribution in [1.29, 1.82) is 0 Å². The van der Waals surface area contributed by atoms with E-state index >= 15 is 0 Å². The molecule has 0 aliphatic heterocycles. The van der Waals surface area contributed by atoms with Gasteiger partial charge in [0.15, 0.2) is 0 Å². The molecule has 0 aliphatic carbocycles. The Morgan fingerprint density at radius 2 is 1.91 bits per heavy atom. The number of nitro groups is 1. The highest BCUT2D eigenvalue weighted by molar-refractivity contribution is 7.98. The summed E-state index contributed by atoms with van der Waals surface area (Å²) in [4.78, 5) is 33.2. The first-order chi connectivity index (χ1) is 10.2. The van der Waals surface area contributed by atoms with Crippen molar-refractivity contribution in [2.75, 3.05) is 23.9 Å². The Hall–Kier alpha value is -2.13. The number of non-ortho nitro benzene ring substituents is 1. The van der Waals surface area contributed by atoms with Gasteiger partial charge in [-0.2, -0.15) is 11.8 Å². The standard InChI is InChI=1S/C13H17N3O5S/c1-13(19,8-22-2)7-14-11(17)12(18)15-9-3-5-10(6-4-9)16(20)21/h3-6,19H,7-8H2,1-2H3,(H,14,17)(H,15,18). The Labute approximate surface area is 131 Å². The van der Waals surface area contributed by atoms with Crippen molar-refractivity contribution in [3.8, 4) is 0 Å². The van der Waals surface area contributed by atoms with Crippen molar-refractivity contribution in [3.63, 3.8) is 0 Å². The van der Waals surface area contributed by atoms with Crippen LogP contribution in [-0.4, -0.2) is 46.0 Å². The summed E-state index contributed by atoms with van der Waals surface area (Å²) in [6.45, 7) is 1.50. The number of hydrogen-bond donors (Lipinski definition) is 3. The summed E-state index contributed by atoms with van der Waals surface area (Å²) in [5, 5.41) is 25.0. The smallest absolute Gasteiger partial charge is 0.313 e. The predicted octanol–water partition coefficient (Wildman–Crippen LogP) is 0.763. The Morgan fingerprint density at radius 1 is 1.32 bits per heavy atom. The van der Waals surface area contributed by atoms with Crippen LogP contribution in [0.25, 0.3) is 0 Å². The third kappa shape index (κ3) is 5.70. The Kier molecular flexibility index (Phi) is 6.32. The SMILES string of the molecule is CSCC(C)(O)CNC(=O)C(=O)Nc1ccc([N+](=O)[O-])cc1. The number of carbonyl (C=O) groups is 2. The third-order valence-corrected chi connectivity index (χ3v) is 3.54. The zero-order valence-corrected chi connectivity index (χ0v) is 13.0. The van der Waals surface area contributed by atoms with E-state index in [1.54, 1.807) is 6.92 Å². The second-order valence-electron chi connectivity index (χ2n) is 4.87. The number of thioether (sulfide) groups is 1. The van der Waals surface area contributed by atoms with E-state index < -0.39 is 22.3 Å². The van der Waals surface area contributed by atoms with Gasteiger partial charge in [0.2, 0.25) is 0 Å². The van der Waals surface area contributed by atoms with Crippen LogP contribution in [0.3, 0.4) is 0 Å². The van der Waals surface area contributed by atoms with Gasteiger partial charge in [0.25, 0.3) is 5.69 Å². The zero-order valence-electron chi connectivity index (χ0n) is 12.2. The van der Waals surface area contributed by atoms with Gasteiger partial charge in [0, 0.05) is 30.1 Å². The molecule has 0 bridgehead atoms. The molecule has 2 amide bonds. The molecule has 0 spiro atoms. The molecule has 120 valence electrons. The molecule has 22 heavy (non-hydrogen) atoms. The highest BCUT2D eigenvalue weighted by Gasteiger charge is 2.22. The minimum absolute atomic E-state index is 0.0552. The van der Waals surface area contributed by atoms with Crippen molar-refractivity contribution in [1.82, 2.24) is 5.32 Å². The van der Waals surface area contributed by atoms with Crippen molar-refractivity contribution >= 4 is 35.0 Å². The fraction of sp³-hybridized carbons (Fsp3) is 0.385. The van der Waals surface area contributed by atoms with Crippen molar-refractivity contribution < 1.29 is 19.6 Å². The Morgan fingerprint density at radius 3 is 2.41 bits per heavy atom. The van der Waals surface area contributed by atoms with Crippen molar-refractivity contribution in [2.45, 2.75) is 12.5 Å². The van der Waals surface area contributed by atoms with E-state index in [1.165, 1.54) is 36.0 Å². The normalized spacial score (nSPS) is 13.0. The number of anilines is 1. The second kappa shape index (κ2) is 7.76. The van der Waals surface area contributed by atoms with Crippen LogP contribution in [0.1, 0.15) is 6.92 Å². The van der Waals surface area contributed by atoms with E-state index in [0.29, 0.717) is 5.75 Å². The second-order valence-corrected chi connectivity index (χ2v) is 5.74. The van der Waals surface area contributed by atoms with Gasteiger partial charge >= 0.3 is 11.8 Å². The van der Waals surface area contributed by atoms with Crippen LogP contribution in [0.15, 0.2) is 24.3 Å². The van der Waals surface area contributed by atoms with Gasteiger partial charge in [-0.05, 0) is 25.3 Å². The molecule has 1 unspecified atom stereocenters. The van der Waals surface area contributed by atoms with Crippen LogP contribution in [0.5, 0.6) is 0 Å². The first-order valence-corrected chi connectivity index (χ1v) is 7.69. The topological polar surface area (TPSA) is 122 Å². The Bertz CT molecular complexity index is 559. The number of rotatable bonds is 6. The van der Waals surface area contributed by atoms with Crippen LogP contribution in [0, 0.1) is 10.1 Å². The molecule has 0 radical (unpaired) electrons. The number of nitrogens with zero attached hydrogens (tertiary/aromatic N) is 1. The maximum absolute atomic E-state index is 11.7. The predicted molar refractivity (Wildman–Crippen MR) is 83.7 cm³/mol. The largest absolute Gasteiger partial charge is 0.387 e. The molecule has 1 aromatic carbocycles. The molecular formula is C13H17N3O5S.